The van der Waals surface area contributed by atoms with Gasteiger partial charge in [-0.3, -0.25) is 4.79 Å². The fourth-order valence-electron chi connectivity index (χ4n) is 2.31. The van der Waals surface area contributed by atoms with Crippen LogP contribution in [-0.2, 0) is 9.22 Å². The van der Waals surface area contributed by atoms with E-state index in [0.29, 0.717) is 6.42 Å². The molecule has 0 bridgehead atoms. The predicted molar refractivity (Wildman–Crippen MR) is 97.9 cm³/mol. The molecule has 1 rings (SSSR count). The highest BCUT2D eigenvalue weighted by Gasteiger charge is 2.39. The Morgan fingerprint density at radius 2 is 1.70 bits per heavy atom. The minimum atomic E-state index is -1.88. The zero-order valence-corrected chi connectivity index (χ0v) is 16.6. The summed E-state index contributed by atoms with van der Waals surface area (Å²) in [5.74, 6) is -0.379. The Labute approximate surface area is 142 Å². The average Bonchev–Trinajstić information content (AvgIpc) is 2.44. The van der Waals surface area contributed by atoms with E-state index in [-0.39, 0.29) is 16.9 Å². The van der Waals surface area contributed by atoms with E-state index in [9.17, 15) is 9.90 Å². The molecule has 130 valence electrons. The molecule has 0 spiro atoms. The monoisotopic (exact) mass is 336 g/mol. The quantitative estimate of drug-likeness (QED) is 0.732. The minimum Gasteiger partial charge on any atom is -0.414 e. The predicted octanol–water partition coefficient (Wildman–Crippen LogP) is 4.73. The topological polar surface area (TPSA) is 46.5 Å². The number of hydrogen-bond acceptors (Lipinski definition) is 3. The van der Waals surface area contributed by atoms with Gasteiger partial charge in [0.05, 0.1) is 6.10 Å². The van der Waals surface area contributed by atoms with Gasteiger partial charge in [0, 0.05) is 18.4 Å². The van der Waals surface area contributed by atoms with Crippen LogP contribution in [0.25, 0.3) is 0 Å². The van der Waals surface area contributed by atoms with E-state index in [0.717, 1.165) is 5.56 Å². The highest BCUT2D eigenvalue weighted by Crippen LogP contribution is 2.37. The second-order valence-electron chi connectivity index (χ2n) is 8.00. The number of carbonyl (C=O) groups excluding carboxylic acids is 1. The van der Waals surface area contributed by atoms with Crippen molar-refractivity contribution in [1.29, 1.82) is 0 Å². The van der Waals surface area contributed by atoms with Crippen molar-refractivity contribution in [3.8, 4) is 0 Å². The smallest absolute Gasteiger partial charge is 0.192 e. The molecule has 0 fully saturated rings. The van der Waals surface area contributed by atoms with E-state index in [1.54, 1.807) is 6.92 Å². The van der Waals surface area contributed by atoms with Gasteiger partial charge < -0.3 is 9.53 Å². The SMILES string of the molecule is C[C@H](C(=O)C[C@H](C)O[Si](C)(C)C(C)(C)C)[C@H](O)c1ccccc1. The van der Waals surface area contributed by atoms with Crippen LogP contribution in [0.5, 0.6) is 0 Å². The standard InChI is InChI=1S/C19H32O3Si/c1-14(22-23(6,7)19(3,4)5)13-17(20)15(2)18(21)16-11-9-8-10-12-16/h8-12,14-15,18,21H,13H2,1-7H3/t14-,15+,18-/m0/s1. The van der Waals surface area contributed by atoms with Crippen LogP contribution in [0.2, 0.25) is 18.1 Å². The van der Waals surface area contributed by atoms with Gasteiger partial charge in [-0.05, 0) is 30.6 Å². The fourth-order valence-corrected chi connectivity index (χ4v) is 3.75. The number of ketones is 1. The molecule has 3 nitrogen and oxygen atoms in total. The maximum atomic E-state index is 12.5. The van der Waals surface area contributed by atoms with Crippen molar-refractivity contribution in [2.45, 2.75) is 71.4 Å². The van der Waals surface area contributed by atoms with Crippen LogP contribution in [0.4, 0.5) is 0 Å². The highest BCUT2D eigenvalue weighted by molar-refractivity contribution is 6.74. The Balaban J connectivity index is 2.65. The number of benzene rings is 1. The van der Waals surface area contributed by atoms with Gasteiger partial charge in [-0.2, -0.15) is 0 Å². The number of hydrogen-bond donors (Lipinski definition) is 1. The van der Waals surface area contributed by atoms with Gasteiger partial charge in [0.25, 0.3) is 0 Å². The van der Waals surface area contributed by atoms with Crippen LogP contribution in [0.1, 0.15) is 52.7 Å². The molecule has 4 heteroatoms. The van der Waals surface area contributed by atoms with Gasteiger partial charge >= 0.3 is 0 Å². The summed E-state index contributed by atoms with van der Waals surface area (Å²) in [4.78, 5) is 12.5. The third kappa shape index (κ3) is 5.55. The van der Waals surface area contributed by atoms with Crippen molar-refractivity contribution in [3.63, 3.8) is 0 Å². The molecule has 1 aromatic rings. The van der Waals surface area contributed by atoms with Crippen LogP contribution >= 0.6 is 0 Å². The summed E-state index contributed by atoms with van der Waals surface area (Å²) in [5.41, 5.74) is 0.784. The van der Waals surface area contributed by atoms with Gasteiger partial charge in [0.1, 0.15) is 5.78 Å². The average molecular weight is 337 g/mol. The minimum absolute atomic E-state index is 0.0487. The Hall–Kier alpha value is -0.973. The first kappa shape index (κ1) is 20.1. The van der Waals surface area contributed by atoms with E-state index < -0.39 is 20.3 Å². The van der Waals surface area contributed by atoms with Crippen LogP contribution in [-0.4, -0.2) is 25.3 Å². The molecule has 0 unspecified atom stereocenters. The molecule has 1 N–H and O–H groups in total. The Bertz CT molecular complexity index is 505. The molecular formula is C19H32O3Si. The summed E-state index contributed by atoms with van der Waals surface area (Å²) in [6.45, 7) is 14.7. The molecule has 0 saturated heterocycles. The lowest BCUT2D eigenvalue weighted by atomic mass is 9.91. The molecule has 1 aromatic carbocycles. The number of Topliss-reactive ketones (excluding diaryl/α,β-unsaturated/α-hetero) is 1. The number of carbonyl (C=O) groups is 1. The summed E-state index contributed by atoms with van der Waals surface area (Å²) in [7, 11) is -1.88. The normalized spacial score (nSPS) is 16.7. The van der Waals surface area contributed by atoms with Crippen LogP contribution < -0.4 is 0 Å². The lowest BCUT2D eigenvalue weighted by molar-refractivity contribution is -0.127. The summed E-state index contributed by atoms with van der Waals surface area (Å²) >= 11 is 0. The first-order valence-corrected chi connectivity index (χ1v) is 11.3. The van der Waals surface area contributed by atoms with Crippen molar-refractivity contribution < 1.29 is 14.3 Å². The molecule has 0 heterocycles. The van der Waals surface area contributed by atoms with Crippen LogP contribution in [0.15, 0.2) is 30.3 Å². The molecule has 0 amide bonds. The molecule has 0 aliphatic heterocycles. The fraction of sp³-hybridized carbons (Fsp3) is 0.632. The van der Waals surface area contributed by atoms with Gasteiger partial charge in [0.2, 0.25) is 0 Å². The van der Waals surface area contributed by atoms with Crippen molar-refractivity contribution in [1.82, 2.24) is 0 Å². The maximum absolute atomic E-state index is 12.5. The van der Waals surface area contributed by atoms with Gasteiger partial charge in [-0.15, -0.1) is 0 Å². The summed E-state index contributed by atoms with van der Waals surface area (Å²) in [6, 6.07) is 9.35. The third-order valence-corrected chi connectivity index (χ3v) is 9.52. The second-order valence-corrected chi connectivity index (χ2v) is 12.8. The van der Waals surface area contributed by atoms with E-state index in [2.05, 4.69) is 33.9 Å². The zero-order valence-electron chi connectivity index (χ0n) is 15.6. The molecule has 23 heavy (non-hydrogen) atoms. The molecular weight excluding hydrogens is 304 g/mol. The van der Waals surface area contributed by atoms with E-state index in [1.165, 1.54) is 0 Å². The van der Waals surface area contributed by atoms with E-state index in [1.807, 2.05) is 37.3 Å². The van der Waals surface area contributed by atoms with Crippen molar-refractivity contribution >= 4 is 14.1 Å². The second kappa shape index (κ2) is 7.73. The first-order valence-electron chi connectivity index (χ1n) is 8.39. The molecule has 0 aliphatic carbocycles. The lowest BCUT2D eigenvalue weighted by Gasteiger charge is -2.38. The van der Waals surface area contributed by atoms with E-state index >= 15 is 0 Å². The van der Waals surface area contributed by atoms with Crippen LogP contribution in [0.3, 0.4) is 0 Å². The lowest BCUT2D eigenvalue weighted by Crippen LogP contribution is -2.44. The molecule has 0 radical (unpaired) electrons. The van der Waals surface area contributed by atoms with Crippen molar-refractivity contribution in [2.24, 2.45) is 5.92 Å². The third-order valence-electron chi connectivity index (χ3n) is 4.91. The Kier molecular flexibility index (Phi) is 6.75. The van der Waals surface area contributed by atoms with Gasteiger partial charge in [0.15, 0.2) is 8.32 Å². The van der Waals surface area contributed by atoms with Crippen LogP contribution in [0, 0.1) is 5.92 Å². The van der Waals surface area contributed by atoms with Gasteiger partial charge in [-0.1, -0.05) is 58.0 Å². The number of rotatable bonds is 7. The Morgan fingerprint density at radius 3 is 2.17 bits per heavy atom. The van der Waals surface area contributed by atoms with Crippen molar-refractivity contribution in [3.05, 3.63) is 35.9 Å². The zero-order chi connectivity index (χ0) is 17.8. The first-order chi connectivity index (χ1) is 10.5. The summed E-state index contributed by atoms with van der Waals surface area (Å²) < 4.78 is 6.24. The molecule has 3 atom stereocenters. The molecule has 0 aromatic heterocycles. The number of aliphatic hydroxyl groups is 1. The summed E-state index contributed by atoms with van der Waals surface area (Å²) in [6.07, 6.45) is -0.532. The number of aliphatic hydroxyl groups excluding tert-OH is 1. The van der Waals surface area contributed by atoms with Gasteiger partial charge in [-0.25, -0.2) is 0 Å². The Morgan fingerprint density at radius 1 is 1.17 bits per heavy atom. The largest absolute Gasteiger partial charge is 0.414 e. The summed E-state index contributed by atoms with van der Waals surface area (Å²) in [5, 5.41) is 10.5. The highest BCUT2D eigenvalue weighted by atomic mass is 28.4. The van der Waals surface area contributed by atoms with Crippen molar-refractivity contribution in [2.75, 3.05) is 0 Å². The molecule has 0 aliphatic rings. The van der Waals surface area contributed by atoms with E-state index in [4.69, 9.17) is 4.43 Å². The maximum Gasteiger partial charge on any atom is 0.192 e. The molecule has 0 saturated carbocycles.